The number of anilines is 1. The number of aromatic carboxylic acids is 1. The normalized spacial score (nSPS) is 10.8. The summed E-state index contributed by atoms with van der Waals surface area (Å²) in [6.07, 6.45) is 1.55. The summed E-state index contributed by atoms with van der Waals surface area (Å²) in [5.74, 6) is -0.402. The van der Waals surface area contributed by atoms with E-state index in [2.05, 4.69) is 15.3 Å². The summed E-state index contributed by atoms with van der Waals surface area (Å²) in [6, 6.07) is 4.06. The molecule has 20 heavy (non-hydrogen) atoms. The SMILES string of the molecule is Cc1ccc(CNc2cnc(C(C)C)nc2C(=O)O)s1. The highest BCUT2D eigenvalue weighted by Gasteiger charge is 2.15. The molecule has 2 aromatic heterocycles. The van der Waals surface area contributed by atoms with Crippen LogP contribution in [0.3, 0.4) is 0 Å². The third-order valence-corrected chi connectivity index (χ3v) is 3.78. The molecule has 2 N–H and O–H groups in total. The molecule has 5 nitrogen and oxygen atoms in total. The first-order chi connectivity index (χ1) is 9.47. The molecule has 6 heteroatoms. The number of thiophene rings is 1. The van der Waals surface area contributed by atoms with E-state index in [4.69, 9.17) is 0 Å². The largest absolute Gasteiger partial charge is 0.476 e. The number of rotatable bonds is 5. The van der Waals surface area contributed by atoms with E-state index in [1.165, 1.54) is 4.88 Å². The predicted molar refractivity (Wildman–Crippen MR) is 79.5 cm³/mol. The molecule has 0 saturated heterocycles. The fourth-order valence-electron chi connectivity index (χ4n) is 1.73. The Morgan fingerprint density at radius 1 is 1.45 bits per heavy atom. The van der Waals surface area contributed by atoms with Crippen molar-refractivity contribution in [1.29, 1.82) is 0 Å². The van der Waals surface area contributed by atoms with E-state index in [9.17, 15) is 9.90 Å². The number of aromatic nitrogens is 2. The van der Waals surface area contributed by atoms with Gasteiger partial charge in [-0.25, -0.2) is 14.8 Å². The van der Waals surface area contributed by atoms with Gasteiger partial charge in [0, 0.05) is 22.2 Å². The third-order valence-electron chi connectivity index (χ3n) is 2.78. The van der Waals surface area contributed by atoms with Gasteiger partial charge in [0.25, 0.3) is 0 Å². The molecule has 0 fully saturated rings. The minimum atomic E-state index is -1.04. The molecular formula is C14H17N3O2S. The van der Waals surface area contributed by atoms with E-state index in [-0.39, 0.29) is 11.6 Å². The van der Waals surface area contributed by atoms with Crippen LogP contribution in [0.1, 0.15) is 45.8 Å². The minimum absolute atomic E-state index is 0.0250. The summed E-state index contributed by atoms with van der Waals surface area (Å²) in [6.45, 7) is 6.48. The molecule has 2 aromatic rings. The lowest BCUT2D eigenvalue weighted by Gasteiger charge is -2.10. The van der Waals surface area contributed by atoms with Gasteiger partial charge in [-0.05, 0) is 19.1 Å². The number of hydrogen-bond donors (Lipinski definition) is 2. The molecular weight excluding hydrogens is 274 g/mol. The second-order valence-electron chi connectivity index (χ2n) is 4.82. The van der Waals surface area contributed by atoms with Crippen molar-refractivity contribution in [3.05, 3.63) is 39.6 Å². The number of carboxylic acids is 1. The molecule has 0 saturated carbocycles. The summed E-state index contributed by atoms with van der Waals surface area (Å²) >= 11 is 1.68. The van der Waals surface area contributed by atoms with Gasteiger partial charge in [0.15, 0.2) is 5.69 Å². The molecule has 0 aliphatic rings. The van der Waals surface area contributed by atoms with Crippen molar-refractivity contribution in [2.24, 2.45) is 0 Å². The van der Waals surface area contributed by atoms with Gasteiger partial charge in [0.2, 0.25) is 0 Å². The van der Waals surface area contributed by atoms with Crippen LogP contribution >= 0.6 is 11.3 Å². The highest BCUT2D eigenvalue weighted by molar-refractivity contribution is 7.11. The molecule has 0 unspecified atom stereocenters. The third kappa shape index (κ3) is 3.33. The Labute approximate surface area is 121 Å². The van der Waals surface area contributed by atoms with E-state index in [0.717, 1.165) is 4.88 Å². The van der Waals surface area contributed by atoms with Crippen LogP contribution in [0.15, 0.2) is 18.3 Å². The van der Waals surface area contributed by atoms with Crippen LogP contribution in [0.2, 0.25) is 0 Å². The Morgan fingerprint density at radius 2 is 2.20 bits per heavy atom. The van der Waals surface area contributed by atoms with Crippen molar-refractivity contribution in [2.75, 3.05) is 5.32 Å². The van der Waals surface area contributed by atoms with Gasteiger partial charge >= 0.3 is 5.97 Å². The van der Waals surface area contributed by atoms with Crippen molar-refractivity contribution in [3.63, 3.8) is 0 Å². The topological polar surface area (TPSA) is 75.1 Å². The van der Waals surface area contributed by atoms with Crippen LogP contribution in [0, 0.1) is 6.92 Å². The van der Waals surface area contributed by atoms with Gasteiger partial charge in [-0.15, -0.1) is 11.3 Å². The van der Waals surface area contributed by atoms with Crippen LogP contribution in [0.4, 0.5) is 5.69 Å². The van der Waals surface area contributed by atoms with Crippen LogP contribution < -0.4 is 5.32 Å². The molecule has 0 aliphatic carbocycles. The average molecular weight is 291 g/mol. The Morgan fingerprint density at radius 3 is 2.75 bits per heavy atom. The molecule has 0 spiro atoms. The highest BCUT2D eigenvalue weighted by atomic mass is 32.1. The predicted octanol–water partition coefficient (Wildman–Crippen LogP) is 3.28. The lowest BCUT2D eigenvalue weighted by Crippen LogP contribution is -2.11. The molecule has 106 valence electrons. The zero-order chi connectivity index (χ0) is 14.7. The van der Waals surface area contributed by atoms with E-state index >= 15 is 0 Å². The lowest BCUT2D eigenvalue weighted by molar-refractivity contribution is 0.0691. The number of aryl methyl sites for hydroxylation is 1. The zero-order valence-electron chi connectivity index (χ0n) is 11.7. The Balaban J connectivity index is 2.20. The van der Waals surface area contributed by atoms with Gasteiger partial charge in [-0.2, -0.15) is 0 Å². The first kappa shape index (κ1) is 14.5. The van der Waals surface area contributed by atoms with Gasteiger partial charge in [-0.3, -0.25) is 0 Å². The summed E-state index contributed by atoms with van der Waals surface area (Å²) in [5, 5.41) is 12.3. The van der Waals surface area contributed by atoms with Crippen molar-refractivity contribution >= 4 is 23.0 Å². The molecule has 0 atom stereocenters. The molecule has 0 aromatic carbocycles. The van der Waals surface area contributed by atoms with Crippen LogP contribution in [-0.2, 0) is 6.54 Å². The second kappa shape index (κ2) is 6.00. The van der Waals surface area contributed by atoms with Crippen molar-refractivity contribution in [3.8, 4) is 0 Å². The molecule has 0 amide bonds. The summed E-state index contributed by atoms with van der Waals surface area (Å²) in [4.78, 5) is 22.0. The highest BCUT2D eigenvalue weighted by Crippen LogP contribution is 2.20. The maximum Gasteiger partial charge on any atom is 0.356 e. The molecule has 2 heterocycles. The van der Waals surface area contributed by atoms with Crippen molar-refractivity contribution in [2.45, 2.75) is 33.2 Å². The summed E-state index contributed by atoms with van der Waals surface area (Å²) in [7, 11) is 0. The molecule has 0 radical (unpaired) electrons. The fraction of sp³-hybridized carbons (Fsp3) is 0.357. The van der Waals surface area contributed by atoms with Crippen LogP contribution in [-0.4, -0.2) is 21.0 Å². The maximum atomic E-state index is 11.3. The number of carboxylic acid groups (broad SMARTS) is 1. The summed E-state index contributed by atoms with van der Waals surface area (Å²) < 4.78 is 0. The second-order valence-corrected chi connectivity index (χ2v) is 6.19. The Bertz CT molecular complexity index is 623. The van der Waals surface area contributed by atoms with Crippen molar-refractivity contribution in [1.82, 2.24) is 9.97 Å². The lowest BCUT2D eigenvalue weighted by atomic mass is 10.2. The first-order valence-electron chi connectivity index (χ1n) is 6.36. The Kier molecular flexibility index (Phi) is 4.34. The first-order valence-corrected chi connectivity index (χ1v) is 7.18. The van der Waals surface area contributed by atoms with Crippen LogP contribution in [0.5, 0.6) is 0 Å². The summed E-state index contributed by atoms with van der Waals surface area (Å²) in [5.41, 5.74) is 0.477. The minimum Gasteiger partial charge on any atom is -0.476 e. The number of hydrogen-bond acceptors (Lipinski definition) is 5. The van der Waals surface area contributed by atoms with Crippen molar-refractivity contribution < 1.29 is 9.90 Å². The average Bonchev–Trinajstić information content (AvgIpc) is 2.81. The van der Waals surface area contributed by atoms with Gasteiger partial charge in [0.05, 0.1) is 11.9 Å². The molecule has 2 rings (SSSR count). The van der Waals surface area contributed by atoms with Crippen LogP contribution in [0.25, 0.3) is 0 Å². The van der Waals surface area contributed by atoms with E-state index in [1.54, 1.807) is 17.5 Å². The monoisotopic (exact) mass is 291 g/mol. The van der Waals surface area contributed by atoms with E-state index in [0.29, 0.717) is 18.1 Å². The molecule has 0 bridgehead atoms. The van der Waals surface area contributed by atoms with E-state index in [1.807, 2.05) is 32.9 Å². The van der Waals surface area contributed by atoms with Gasteiger partial charge in [0.1, 0.15) is 5.82 Å². The Hall–Kier alpha value is -1.95. The van der Waals surface area contributed by atoms with Gasteiger partial charge in [-0.1, -0.05) is 13.8 Å². The quantitative estimate of drug-likeness (QED) is 0.884. The standard InChI is InChI=1S/C14H17N3O2S/c1-8(2)13-16-7-11(12(17-13)14(18)19)15-6-10-5-4-9(3)20-10/h4-5,7-8,15H,6H2,1-3H3,(H,18,19). The maximum absolute atomic E-state index is 11.3. The number of nitrogens with one attached hydrogen (secondary N) is 1. The zero-order valence-corrected chi connectivity index (χ0v) is 12.5. The number of nitrogens with zero attached hydrogens (tertiary/aromatic N) is 2. The van der Waals surface area contributed by atoms with E-state index < -0.39 is 5.97 Å². The smallest absolute Gasteiger partial charge is 0.356 e. The molecule has 0 aliphatic heterocycles. The van der Waals surface area contributed by atoms with Gasteiger partial charge < -0.3 is 10.4 Å². The number of carbonyl (C=O) groups is 1. The fourth-order valence-corrected chi connectivity index (χ4v) is 2.56.